The molecule has 0 saturated carbocycles. The SMILES string of the molecule is COCCNC(=S)N/N=C(/C)c1ccc(N2CCCCCC2)cc1. The van der Waals surface area contributed by atoms with E-state index in [9.17, 15) is 0 Å². The number of anilines is 1. The van der Waals surface area contributed by atoms with E-state index in [0.29, 0.717) is 18.3 Å². The predicted octanol–water partition coefficient (Wildman–Crippen LogP) is 2.90. The number of thiocarbonyl (C=S) groups is 1. The van der Waals surface area contributed by atoms with Crippen molar-refractivity contribution < 1.29 is 4.74 Å². The van der Waals surface area contributed by atoms with E-state index < -0.39 is 0 Å². The minimum atomic E-state index is 0.507. The second kappa shape index (κ2) is 10.3. The van der Waals surface area contributed by atoms with Crippen LogP contribution >= 0.6 is 12.2 Å². The summed E-state index contributed by atoms with van der Waals surface area (Å²) >= 11 is 5.16. The lowest BCUT2D eigenvalue weighted by molar-refractivity contribution is 0.204. The summed E-state index contributed by atoms with van der Waals surface area (Å²) in [5.74, 6) is 0. The number of benzene rings is 1. The summed E-state index contributed by atoms with van der Waals surface area (Å²) in [5.41, 5.74) is 6.18. The highest BCUT2D eigenvalue weighted by Gasteiger charge is 2.10. The Morgan fingerprint density at radius 1 is 1.17 bits per heavy atom. The van der Waals surface area contributed by atoms with Crippen molar-refractivity contribution in [2.75, 3.05) is 38.3 Å². The maximum Gasteiger partial charge on any atom is 0.187 e. The second-order valence-electron chi connectivity index (χ2n) is 6.01. The lowest BCUT2D eigenvalue weighted by atomic mass is 10.1. The van der Waals surface area contributed by atoms with Crippen LogP contribution in [0.5, 0.6) is 0 Å². The minimum Gasteiger partial charge on any atom is -0.383 e. The molecular weight excluding hydrogens is 320 g/mol. The fourth-order valence-electron chi connectivity index (χ4n) is 2.75. The van der Waals surface area contributed by atoms with Crippen LogP contribution in [0.25, 0.3) is 0 Å². The van der Waals surface area contributed by atoms with E-state index in [1.807, 2.05) is 6.92 Å². The van der Waals surface area contributed by atoms with Gasteiger partial charge in [-0.3, -0.25) is 5.43 Å². The lowest BCUT2D eigenvalue weighted by Crippen LogP contribution is -2.34. The zero-order valence-electron chi connectivity index (χ0n) is 14.7. The van der Waals surface area contributed by atoms with Gasteiger partial charge in [0.15, 0.2) is 5.11 Å². The van der Waals surface area contributed by atoms with Crippen molar-refractivity contribution in [3.8, 4) is 0 Å². The first-order chi connectivity index (χ1) is 11.7. The molecule has 0 aliphatic carbocycles. The monoisotopic (exact) mass is 348 g/mol. The van der Waals surface area contributed by atoms with E-state index in [1.165, 1.54) is 31.4 Å². The Kier molecular flexibility index (Phi) is 7.98. The Morgan fingerprint density at radius 3 is 2.46 bits per heavy atom. The summed E-state index contributed by atoms with van der Waals surface area (Å²) in [6.45, 7) is 5.58. The van der Waals surface area contributed by atoms with Crippen molar-refractivity contribution in [3.05, 3.63) is 29.8 Å². The number of nitrogens with zero attached hydrogens (tertiary/aromatic N) is 2. The number of rotatable bonds is 6. The molecule has 0 radical (unpaired) electrons. The Labute approximate surface area is 150 Å². The normalized spacial score (nSPS) is 15.8. The number of hydrogen-bond donors (Lipinski definition) is 2. The van der Waals surface area contributed by atoms with Crippen LogP contribution in [-0.2, 0) is 4.74 Å². The molecule has 1 saturated heterocycles. The number of hydrazone groups is 1. The molecule has 1 aliphatic rings. The van der Waals surface area contributed by atoms with Crippen molar-refractivity contribution in [2.24, 2.45) is 5.10 Å². The molecule has 0 atom stereocenters. The van der Waals surface area contributed by atoms with Gasteiger partial charge in [-0.2, -0.15) is 5.10 Å². The lowest BCUT2D eigenvalue weighted by Gasteiger charge is -2.22. The Hall–Kier alpha value is -1.66. The highest BCUT2D eigenvalue weighted by atomic mass is 32.1. The van der Waals surface area contributed by atoms with Crippen molar-refractivity contribution in [3.63, 3.8) is 0 Å². The molecule has 1 aromatic carbocycles. The van der Waals surface area contributed by atoms with Crippen LogP contribution in [0.3, 0.4) is 0 Å². The summed E-state index contributed by atoms with van der Waals surface area (Å²) in [4.78, 5) is 2.48. The van der Waals surface area contributed by atoms with Crippen LogP contribution in [0.2, 0.25) is 0 Å². The number of ether oxygens (including phenoxy) is 1. The maximum absolute atomic E-state index is 5.16. The maximum atomic E-state index is 5.16. The number of nitrogens with one attached hydrogen (secondary N) is 2. The largest absolute Gasteiger partial charge is 0.383 e. The van der Waals surface area contributed by atoms with Crippen molar-refractivity contribution in [1.29, 1.82) is 0 Å². The first-order valence-corrected chi connectivity index (χ1v) is 9.04. The number of hydrogen-bond acceptors (Lipinski definition) is 4. The Morgan fingerprint density at radius 2 is 1.83 bits per heavy atom. The molecule has 132 valence electrons. The van der Waals surface area contributed by atoms with E-state index in [0.717, 1.165) is 24.4 Å². The van der Waals surface area contributed by atoms with Gasteiger partial charge >= 0.3 is 0 Å². The van der Waals surface area contributed by atoms with Crippen molar-refractivity contribution >= 4 is 28.7 Å². The molecule has 24 heavy (non-hydrogen) atoms. The minimum absolute atomic E-state index is 0.507. The van der Waals surface area contributed by atoms with Gasteiger partial charge in [0.1, 0.15) is 0 Å². The van der Waals surface area contributed by atoms with Gasteiger partial charge in [-0.15, -0.1) is 0 Å². The molecule has 0 spiro atoms. The summed E-state index contributed by atoms with van der Waals surface area (Å²) in [6, 6.07) is 8.63. The van der Waals surface area contributed by atoms with Gasteiger partial charge in [0.25, 0.3) is 0 Å². The molecule has 6 heteroatoms. The highest BCUT2D eigenvalue weighted by molar-refractivity contribution is 7.80. The van der Waals surface area contributed by atoms with E-state index in [1.54, 1.807) is 7.11 Å². The highest BCUT2D eigenvalue weighted by Crippen LogP contribution is 2.20. The standard InChI is InChI=1S/C18H28N4OS/c1-15(20-21-18(24)19-11-14-23-2)16-7-9-17(10-8-16)22-12-5-3-4-6-13-22/h7-10H,3-6,11-14H2,1-2H3,(H2,19,21,24)/b20-15-. The molecular formula is C18H28N4OS. The molecule has 2 N–H and O–H groups in total. The second-order valence-corrected chi connectivity index (χ2v) is 6.41. The zero-order valence-corrected chi connectivity index (χ0v) is 15.5. The van der Waals surface area contributed by atoms with Gasteiger partial charge in [0.05, 0.1) is 12.3 Å². The summed E-state index contributed by atoms with van der Waals surface area (Å²) in [6.07, 6.45) is 5.29. The van der Waals surface area contributed by atoms with Crippen LogP contribution in [0.15, 0.2) is 29.4 Å². The third-order valence-corrected chi connectivity index (χ3v) is 4.41. The van der Waals surface area contributed by atoms with Gasteiger partial charge < -0.3 is 15.0 Å². The average molecular weight is 349 g/mol. The average Bonchev–Trinajstić information content (AvgIpc) is 2.89. The first kappa shape index (κ1) is 18.7. The first-order valence-electron chi connectivity index (χ1n) is 8.63. The molecule has 0 aromatic heterocycles. The van der Waals surface area contributed by atoms with Crippen LogP contribution < -0.4 is 15.6 Å². The predicted molar refractivity (Wildman–Crippen MR) is 105 cm³/mol. The number of methoxy groups -OCH3 is 1. The molecule has 1 aliphatic heterocycles. The molecule has 0 amide bonds. The molecule has 0 bridgehead atoms. The van der Waals surface area contributed by atoms with Crippen LogP contribution in [-0.4, -0.2) is 44.2 Å². The van der Waals surface area contributed by atoms with Gasteiger partial charge in [0, 0.05) is 32.4 Å². The molecule has 1 heterocycles. The van der Waals surface area contributed by atoms with Crippen molar-refractivity contribution in [2.45, 2.75) is 32.6 Å². The molecule has 1 fully saturated rings. The Balaban J connectivity index is 1.89. The summed E-state index contributed by atoms with van der Waals surface area (Å²) in [7, 11) is 1.66. The van der Waals surface area contributed by atoms with E-state index in [2.05, 4.69) is 45.0 Å². The molecule has 2 rings (SSSR count). The van der Waals surface area contributed by atoms with Crippen molar-refractivity contribution in [1.82, 2.24) is 10.7 Å². The van der Waals surface area contributed by atoms with Crippen LogP contribution in [0.1, 0.15) is 38.2 Å². The van der Waals surface area contributed by atoms with Gasteiger partial charge in [-0.25, -0.2) is 0 Å². The summed E-state index contributed by atoms with van der Waals surface area (Å²) < 4.78 is 4.97. The van der Waals surface area contributed by atoms with Gasteiger partial charge in [0.2, 0.25) is 0 Å². The van der Waals surface area contributed by atoms with E-state index >= 15 is 0 Å². The smallest absolute Gasteiger partial charge is 0.187 e. The quantitative estimate of drug-likeness (QED) is 0.358. The molecule has 5 nitrogen and oxygen atoms in total. The van der Waals surface area contributed by atoms with Crippen LogP contribution in [0, 0.1) is 0 Å². The Bertz CT molecular complexity index is 536. The van der Waals surface area contributed by atoms with Gasteiger partial charge in [-0.1, -0.05) is 25.0 Å². The fourth-order valence-corrected chi connectivity index (χ4v) is 2.90. The zero-order chi connectivity index (χ0) is 17.2. The van der Waals surface area contributed by atoms with E-state index in [-0.39, 0.29) is 0 Å². The van der Waals surface area contributed by atoms with Gasteiger partial charge in [-0.05, 0) is 49.7 Å². The third-order valence-electron chi connectivity index (χ3n) is 4.17. The molecule has 1 aromatic rings. The van der Waals surface area contributed by atoms with E-state index in [4.69, 9.17) is 17.0 Å². The molecule has 0 unspecified atom stereocenters. The van der Waals surface area contributed by atoms with Crippen LogP contribution in [0.4, 0.5) is 5.69 Å². The third kappa shape index (κ3) is 6.09. The fraction of sp³-hybridized carbons (Fsp3) is 0.556. The topological polar surface area (TPSA) is 48.9 Å². The summed E-state index contributed by atoms with van der Waals surface area (Å²) in [5, 5.41) is 7.88.